The second-order valence-electron chi connectivity index (χ2n) is 6.99. The highest BCUT2D eigenvalue weighted by Gasteiger charge is 1.99. The zero-order valence-electron chi connectivity index (χ0n) is 16.2. The molecule has 0 saturated carbocycles. The summed E-state index contributed by atoms with van der Waals surface area (Å²) in [5.74, 6) is 0.0132. The summed E-state index contributed by atoms with van der Waals surface area (Å²) in [5, 5.41) is 4.02. The molecule has 0 aliphatic rings. The molecule has 140 valence electrons. The molecule has 1 N–H and O–H groups in total. The van der Waals surface area contributed by atoms with Gasteiger partial charge in [0.2, 0.25) is 5.91 Å². The molecule has 1 amide bonds. The fraction of sp³-hybridized carbons (Fsp3) is 0.636. The second kappa shape index (κ2) is 14.7. The van der Waals surface area contributed by atoms with E-state index in [4.69, 9.17) is 0 Å². The summed E-state index contributed by atoms with van der Waals surface area (Å²) in [4.78, 5) is 11.7. The van der Waals surface area contributed by atoms with Crippen LogP contribution in [0.15, 0.2) is 29.4 Å². The van der Waals surface area contributed by atoms with E-state index in [2.05, 4.69) is 24.4 Å². The van der Waals surface area contributed by atoms with E-state index in [1.807, 2.05) is 24.3 Å². The number of nitrogens with one attached hydrogen (secondary N) is 1. The highest BCUT2D eigenvalue weighted by Crippen LogP contribution is 2.11. The predicted molar refractivity (Wildman–Crippen MR) is 108 cm³/mol. The maximum atomic E-state index is 11.7. The third-order valence-electron chi connectivity index (χ3n) is 4.49. The average molecular weight is 345 g/mol. The molecule has 0 atom stereocenters. The van der Waals surface area contributed by atoms with E-state index in [-0.39, 0.29) is 5.91 Å². The van der Waals surface area contributed by atoms with Crippen LogP contribution in [0.3, 0.4) is 0 Å². The highest BCUT2D eigenvalue weighted by atomic mass is 16.2. The van der Waals surface area contributed by atoms with E-state index in [1.54, 1.807) is 6.21 Å². The summed E-state index contributed by atoms with van der Waals surface area (Å²) in [7, 11) is 0. The first-order valence-corrected chi connectivity index (χ1v) is 10.1. The lowest BCUT2D eigenvalue weighted by molar-refractivity contribution is -0.121. The molecule has 0 bridgehead atoms. The summed E-state index contributed by atoms with van der Waals surface area (Å²) in [6, 6.07) is 8.06. The second-order valence-corrected chi connectivity index (χ2v) is 6.99. The van der Waals surface area contributed by atoms with Gasteiger partial charge in [-0.3, -0.25) is 4.79 Å². The Morgan fingerprint density at radius 3 is 1.96 bits per heavy atom. The van der Waals surface area contributed by atoms with Gasteiger partial charge in [-0.05, 0) is 18.9 Å². The average Bonchev–Trinajstić information content (AvgIpc) is 2.61. The molecule has 3 nitrogen and oxygen atoms in total. The van der Waals surface area contributed by atoms with Crippen LogP contribution in [0.1, 0.15) is 95.1 Å². The smallest absolute Gasteiger partial charge is 0.240 e. The van der Waals surface area contributed by atoms with Crippen LogP contribution in [0.5, 0.6) is 0 Å². The van der Waals surface area contributed by atoms with Gasteiger partial charge in [0.15, 0.2) is 0 Å². The Morgan fingerprint density at radius 2 is 1.40 bits per heavy atom. The highest BCUT2D eigenvalue weighted by molar-refractivity contribution is 5.82. The first-order valence-electron chi connectivity index (χ1n) is 10.1. The zero-order valence-corrected chi connectivity index (χ0v) is 16.2. The Morgan fingerprint density at radius 1 is 0.880 bits per heavy atom. The fourth-order valence-electron chi connectivity index (χ4n) is 2.84. The van der Waals surface area contributed by atoms with Crippen LogP contribution < -0.4 is 5.43 Å². The Kier molecular flexibility index (Phi) is 12.6. The maximum absolute atomic E-state index is 11.7. The third kappa shape index (κ3) is 12.4. The van der Waals surface area contributed by atoms with Crippen molar-refractivity contribution in [2.45, 2.75) is 90.9 Å². The molecule has 1 rings (SSSR count). The van der Waals surface area contributed by atoms with Gasteiger partial charge in [0.1, 0.15) is 0 Å². The van der Waals surface area contributed by atoms with Crippen LogP contribution in [0.25, 0.3) is 0 Å². The number of unbranched alkanes of at least 4 members (excludes halogenated alkanes) is 10. The normalized spacial score (nSPS) is 11.1. The number of hydrogen-bond acceptors (Lipinski definition) is 2. The van der Waals surface area contributed by atoms with E-state index in [0.29, 0.717) is 6.42 Å². The number of rotatable bonds is 14. The van der Waals surface area contributed by atoms with Gasteiger partial charge >= 0.3 is 0 Å². The summed E-state index contributed by atoms with van der Waals surface area (Å²) in [6.07, 6.45) is 16.5. The topological polar surface area (TPSA) is 41.5 Å². The molecule has 1 aromatic carbocycles. The van der Waals surface area contributed by atoms with Crippen molar-refractivity contribution in [2.75, 3.05) is 0 Å². The van der Waals surface area contributed by atoms with Crippen molar-refractivity contribution in [2.24, 2.45) is 5.10 Å². The van der Waals surface area contributed by atoms with Gasteiger partial charge in [-0.1, -0.05) is 101 Å². The Bertz CT molecular complexity index is 479. The van der Waals surface area contributed by atoms with Crippen molar-refractivity contribution in [3.8, 4) is 0 Å². The molecule has 0 fully saturated rings. The Hall–Kier alpha value is -1.64. The van der Waals surface area contributed by atoms with Crippen LogP contribution in [0.2, 0.25) is 0 Å². The van der Waals surface area contributed by atoms with E-state index in [9.17, 15) is 4.79 Å². The number of aryl methyl sites for hydroxylation is 1. The minimum absolute atomic E-state index is 0.0132. The van der Waals surface area contributed by atoms with Crippen LogP contribution >= 0.6 is 0 Å². The zero-order chi connectivity index (χ0) is 18.2. The number of hydrazone groups is 1. The number of amides is 1. The SMILES string of the molecule is CCCCCCCCCCCCCC(=O)N/N=C/c1ccc(C)cc1. The van der Waals surface area contributed by atoms with Gasteiger partial charge in [-0.15, -0.1) is 0 Å². The van der Waals surface area contributed by atoms with E-state index < -0.39 is 0 Å². The van der Waals surface area contributed by atoms with Crippen LogP contribution in [0.4, 0.5) is 0 Å². The number of carbonyl (C=O) groups is 1. The van der Waals surface area contributed by atoms with Gasteiger partial charge in [0, 0.05) is 6.42 Å². The number of hydrogen-bond donors (Lipinski definition) is 1. The summed E-state index contributed by atoms with van der Waals surface area (Å²) in [6.45, 7) is 4.31. The standard InChI is InChI=1S/C22H36N2O/c1-3-4-5-6-7-8-9-10-11-12-13-14-22(25)24-23-19-21-17-15-20(2)16-18-21/h15-19H,3-14H2,1-2H3,(H,24,25)/b23-19+. The Balaban J connectivity index is 1.92. The molecule has 0 aliphatic carbocycles. The summed E-state index contributed by atoms with van der Waals surface area (Å²) in [5.41, 5.74) is 4.83. The fourth-order valence-corrected chi connectivity index (χ4v) is 2.84. The quantitative estimate of drug-likeness (QED) is 0.245. The van der Waals surface area contributed by atoms with Crippen LogP contribution in [-0.2, 0) is 4.79 Å². The molecule has 3 heteroatoms. The number of benzene rings is 1. The summed E-state index contributed by atoms with van der Waals surface area (Å²) >= 11 is 0. The molecule has 0 aliphatic heterocycles. The van der Waals surface area contributed by atoms with Crippen molar-refractivity contribution in [1.82, 2.24) is 5.43 Å². The van der Waals surface area contributed by atoms with Crippen LogP contribution in [0, 0.1) is 6.92 Å². The van der Waals surface area contributed by atoms with Crippen molar-refractivity contribution in [3.05, 3.63) is 35.4 Å². The molecule has 25 heavy (non-hydrogen) atoms. The minimum Gasteiger partial charge on any atom is -0.273 e. The molecule has 0 radical (unpaired) electrons. The summed E-state index contributed by atoms with van der Waals surface area (Å²) < 4.78 is 0. The molecular weight excluding hydrogens is 308 g/mol. The lowest BCUT2D eigenvalue weighted by atomic mass is 10.1. The maximum Gasteiger partial charge on any atom is 0.240 e. The molecule has 0 saturated heterocycles. The predicted octanol–water partition coefficient (Wildman–Crippen LogP) is 6.15. The molecule has 0 spiro atoms. The van der Waals surface area contributed by atoms with Gasteiger partial charge in [0.05, 0.1) is 6.21 Å². The van der Waals surface area contributed by atoms with E-state index in [1.165, 1.54) is 63.4 Å². The lowest BCUT2D eigenvalue weighted by Crippen LogP contribution is -2.16. The minimum atomic E-state index is 0.0132. The van der Waals surface area contributed by atoms with E-state index >= 15 is 0 Å². The van der Waals surface area contributed by atoms with E-state index in [0.717, 1.165) is 18.4 Å². The molecule has 1 aromatic rings. The molecular formula is C22H36N2O. The van der Waals surface area contributed by atoms with Crippen molar-refractivity contribution in [3.63, 3.8) is 0 Å². The van der Waals surface area contributed by atoms with Gasteiger partial charge < -0.3 is 0 Å². The van der Waals surface area contributed by atoms with Crippen molar-refractivity contribution >= 4 is 12.1 Å². The first-order chi connectivity index (χ1) is 12.2. The van der Waals surface area contributed by atoms with Crippen LogP contribution in [-0.4, -0.2) is 12.1 Å². The molecule has 0 unspecified atom stereocenters. The van der Waals surface area contributed by atoms with Gasteiger partial charge in [-0.25, -0.2) is 5.43 Å². The first kappa shape index (κ1) is 21.4. The van der Waals surface area contributed by atoms with Gasteiger partial charge in [0.25, 0.3) is 0 Å². The Labute approximate surface area is 154 Å². The van der Waals surface area contributed by atoms with Crippen molar-refractivity contribution < 1.29 is 4.79 Å². The molecule has 0 aromatic heterocycles. The lowest BCUT2D eigenvalue weighted by Gasteiger charge is -2.02. The molecule has 0 heterocycles. The van der Waals surface area contributed by atoms with Gasteiger partial charge in [-0.2, -0.15) is 5.10 Å². The monoisotopic (exact) mass is 344 g/mol. The largest absolute Gasteiger partial charge is 0.273 e. The number of nitrogens with zero attached hydrogens (tertiary/aromatic N) is 1. The third-order valence-corrected chi connectivity index (χ3v) is 4.49. The number of carbonyl (C=O) groups excluding carboxylic acids is 1. The van der Waals surface area contributed by atoms with Crippen molar-refractivity contribution in [1.29, 1.82) is 0 Å².